The van der Waals surface area contributed by atoms with Gasteiger partial charge in [-0.25, -0.2) is 8.78 Å². The maximum Gasteiger partial charge on any atom is 0.149 e. The lowest BCUT2D eigenvalue weighted by Crippen LogP contribution is -2.10. The molecule has 0 atom stereocenters. The van der Waals surface area contributed by atoms with Crippen LogP contribution in [-0.2, 0) is 6.54 Å². The van der Waals surface area contributed by atoms with Gasteiger partial charge < -0.3 is 5.32 Å². The summed E-state index contributed by atoms with van der Waals surface area (Å²) < 4.78 is 26.5. The summed E-state index contributed by atoms with van der Waals surface area (Å²) in [5, 5.41) is 2.64. The summed E-state index contributed by atoms with van der Waals surface area (Å²) in [4.78, 5) is 0. The minimum Gasteiger partial charge on any atom is -0.315 e. The van der Waals surface area contributed by atoms with E-state index in [2.05, 4.69) is 5.32 Å². The minimum absolute atomic E-state index is 0.00694. The molecule has 0 aromatic heterocycles. The summed E-state index contributed by atoms with van der Waals surface area (Å²) in [5.41, 5.74) is 0.351. The molecule has 4 heteroatoms. The van der Waals surface area contributed by atoms with Gasteiger partial charge in [-0.05, 0) is 25.6 Å². The molecule has 0 bridgehead atoms. The summed E-state index contributed by atoms with van der Waals surface area (Å²) in [6, 6.07) is 1.28. The first-order valence-electron chi connectivity index (χ1n) is 3.85. The van der Waals surface area contributed by atoms with Crippen molar-refractivity contribution >= 4 is 11.6 Å². The number of aryl methyl sites for hydroxylation is 1. The summed E-state index contributed by atoms with van der Waals surface area (Å²) in [5.74, 6) is -1.21. The Kier molecular flexibility index (Phi) is 3.22. The topological polar surface area (TPSA) is 12.0 Å². The van der Waals surface area contributed by atoms with Crippen molar-refractivity contribution in [1.29, 1.82) is 0 Å². The number of rotatable bonds is 2. The molecule has 72 valence electrons. The van der Waals surface area contributed by atoms with Crippen molar-refractivity contribution in [1.82, 2.24) is 5.32 Å². The van der Waals surface area contributed by atoms with Crippen LogP contribution in [0.25, 0.3) is 0 Å². The van der Waals surface area contributed by atoms with Crippen LogP contribution >= 0.6 is 11.6 Å². The van der Waals surface area contributed by atoms with Crippen molar-refractivity contribution in [2.24, 2.45) is 0 Å². The Morgan fingerprint density at radius 1 is 1.38 bits per heavy atom. The predicted octanol–water partition coefficient (Wildman–Crippen LogP) is 2.65. The molecule has 0 unspecified atom stereocenters. The average Bonchev–Trinajstić information content (AvgIpc) is 2.09. The Balaban J connectivity index is 3.28. The van der Waals surface area contributed by atoms with Crippen LogP contribution in [0.2, 0.25) is 5.02 Å². The summed E-state index contributed by atoms with van der Waals surface area (Å²) in [7, 11) is 1.62. The van der Waals surface area contributed by atoms with Crippen LogP contribution in [-0.4, -0.2) is 7.05 Å². The van der Waals surface area contributed by atoms with Crippen LogP contribution in [0.5, 0.6) is 0 Å². The third-order valence-electron chi connectivity index (χ3n) is 1.78. The molecule has 1 aromatic carbocycles. The molecule has 0 heterocycles. The SMILES string of the molecule is CNCc1c(F)c(C)cc(Cl)c1F. The third kappa shape index (κ3) is 1.98. The second kappa shape index (κ2) is 4.03. The van der Waals surface area contributed by atoms with Gasteiger partial charge in [-0.3, -0.25) is 0 Å². The highest BCUT2D eigenvalue weighted by atomic mass is 35.5. The fraction of sp³-hybridized carbons (Fsp3) is 0.333. The van der Waals surface area contributed by atoms with Gasteiger partial charge in [0.05, 0.1) is 5.02 Å². The summed E-state index contributed by atoms with van der Waals surface area (Å²) >= 11 is 5.56. The molecule has 0 spiro atoms. The van der Waals surface area contributed by atoms with Crippen LogP contribution in [0.15, 0.2) is 6.07 Å². The van der Waals surface area contributed by atoms with Gasteiger partial charge in [0.1, 0.15) is 11.6 Å². The maximum atomic E-state index is 13.3. The number of benzene rings is 1. The molecule has 0 aliphatic carbocycles. The highest BCUT2D eigenvalue weighted by Crippen LogP contribution is 2.23. The second-order valence-electron chi connectivity index (χ2n) is 2.81. The average molecular weight is 206 g/mol. The molecule has 0 fully saturated rings. The Morgan fingerprint density at radius 3 is 2.54 bits per heavy atom. The van der Waals surface area contributed by atoms with Crippen molar-refractivity contribution in [3.05, 3.63) is 33.9 Å². The first kappa shape index (κ1) is 10.4. The van der Waals surface area contributed by atoms with Gasteiger partial charge >= 0.3 is 0 Å². The van der Waals surface area contributed by atoms with Gasteiger partial charge in [0.2, 0.25) is 0 Å². The van der Waals surface area contributed by atoms with Crippen LogP contribution in [0.4, 0.5) is 8.78 Å². The van der Waals surface area contributed by atoms with Gasteiger partial charge in [-0.2, -0.15) is 0 Å². The normalized spacial score (nSPS) is 10.5. The standard InChI is InChI=1S/C9H10ClF2N/c1-5-3-7(10)9(12)6(4-13-2)8(5)11/h3,13H,4H2,1-2H3. The van der Waals surface area contributed by atoms with Gasteiger partial charge in [0.15, 0.2) is 0 Å². The highest BCUT2D eigenvalue weighted by Gasteiger charge is 2.14. The number of hydrogen-bond acceptors (Lipinski definition) is 1. The van der Waals surface area contributed by atoms with Gasteiger partial charge in [-0.15, -0.1) is 0 Å². The largest absolute Gasteiger partial charge is 0.315 e. The molecular formula is C9H10ClF2N. The van der Waals surface area contributed by atoms with Crippen molar-refractivity contribution in [3.63, 3.8) is 0 Å². The summed E-state index contributed by atoms with van der Waals surface area (Å²) in [6.07, 6.45) is 0. The van der Waals surface area contributed by atoms with Gasteiger partial charge in [0, 0.05) is 12.1 Å². The van der Waals surface area contributed by atoms with E-state index in [1.807, 2.05) is 0 Å². The Morgan fingerprint density at radius 2 is 2.00 bits per heavy atom. The van der Waals surface area contributed by atoms with Crippen molar-refractivity contribution in [2.45, 2.75) is 13.5 Å². The number of hydrogen-bond donors (Lipinski definition) is 1. The second-order valence-corrected chi connectivity index (χ2v) is 3.22. The van der Waals surface area contributed by atoms with Crippen LogP contribution < -0.4 is 5.32 Å². The molecule has 0 aliphatic rings. The molecule has 1 nitrogen and oxygen atoms in total. The van der Waals surface area contributed by atoms with Gasteiger partial charge in [0.25, 0.3) is 0 Å². The Labute approximate surface area is 80.7 Å². The quantitative estimate of drug-likeness (QED) is 0.732. The van der Waals surface area contributed by atoms with Crippen molar-refractivity contribution in [3.8, 4) is 0 Å². The predicted molar refractivity (Wildman–Crippen MR) is 48.9 cm³/mol. The van der Waals surface area contributed by atoms with E-state index in [0.717, 1.165) is 0 Å². The lowest BCUT2D eigenvalue weighted by Gasteiger charge is -2.07. The number of nitrogens with one attached hydrogen (secondary N) is 1. The lowest BCUT2D eigenvalue weighted by atomic mass is 10.1. The summed E-state index contributed by atoms with van der Waals surface area (Å²) in [6.45, 7) is 1.69. The lowest BCUT2D eigenvalue weighted by molar-refractivity contribution is 0.541. The molecule has 0 amide bonds. The van der Waals surface area contributed by atoms with Crippen LogP contribution in [0, 0.1) is 18.6 Å². The molecule has 1 rings (SSSR count). The number of halogens is 3. The molecule has 0 radical (unpaired) electrons. The van der Waals surface area contributed by atoms with E-state index >= 15 is 0 Å². The van der Waals surface area contributed by atoms with Crippen LogP contribution in [0.1, 0.15) is 11.1 Å². The van der Waals surface area contributed by atoms with E-state index < -0.39 is 11.6 Å². The molecule has 0 saturated carbocycles. The molecule has 1 aromatic rings. The smallest absolute Gasteiger partial charge is 0.149 e. The monoisotopic (exact) mass is 205 g/mol. The molecule has 13 heavy (non-hydrogen) atoms. The van der Waals surface area contributed by atoms with E-state index in [1.54, 1.807) is 14.0 Å². The Bertz CT molecular complexity index is 300. The van der Waals surface area contributed by atoms with Crippen LogP contribution in [0.3, 0.4) is 0 Å². The van der Waals surface area contributed by atoms with E-state index in [1.165, 1.54) is 6.07 Å². The van der Waals surface area contributed by atoms with E-state index in [0.29, 0.717) is 5.56 Å². The third-order valence-corrected chi connectivity index (χ3v) is 2.06. The molecule has 1 N–H and O–H groups in total. The van der Waals surface area contributed by atoms with E-state index in [4.69, 9.17) is 11.6 Å². The molecule has 0 aliphatic heterocycles. The fourth-order valence-corrected chi connectivity index (χ4v) is 1.41. The highest BCUT2D eigenvalue weighted by molar-refractivity contribution is 6.30. The van der Waals surface area contributed by atoms with Gasteiger partial charge in [-0.1, -0.05) is 11.6 Å². The zero-order valence-corrected chi connectivity index (χ0v) is 8.17. The fourth-order valence-electron chi connectivity index (χ4n) is 1.13. The maximum absolute atomic E-state index is 13.3. The van der Waals surface area contributed by atoms with E-state index in [-0.39, 0.29) is 17.1 Å². The molecule has 0 saturated heterocycles. The van der Waals surface area contributed by atoms with Crippen molar-refractivity contribution < 1.29 is 8.78 Å². The zero-order chi connectivity index (χ0) is 10.0. The van der Waals surface area contributed by atoms with E-state index in [9.17, 15) is 8.78 Å². The Hall–Kier alpha value is -0.670. The first-order valence-corrected chi connectivity index (χ1v) is 4.23. The minimum atomic E-state index is -0.681. The molecular weight excluding hydrogens is 196 g/mol. The van der Waals surface area contributed by atoms with Crippen molar-refractivity contribution in [2.75, 3.05) is 7.05 Å². The first-order chi connectivity index (χ1) is 6.07. The zero-order valence-electron chi connectivity index (χ0n) is 7.42.